The van der Waals surface area contributed by atoms with E-state index in [1.54, 1.807) is 0 Å². The monoisotopic (exact) mass is 122 g/mol. The van der Waals surface area contributed by atoms with Crippen LogP contribution in [0.25, 0.3) is 4.85 Å². The molecule has 9 heavy (non-hydrogen) atoms. The van der Waals surface area contributed by atoms with Gasteiger partial charge in [-0.1, -0.05) is 5.16 Å². The molecule has 0 aliphatic rings. The standard InChI is InChI=1S/C6H6N2O/c1-4-5(2)8-9-6(4)7-3/h1-2H3. The molecule has 0 atom stereocenters. The van der Waals surface area contributed by atoms with E-state index < -0.39 is 0 Å². The molecular weight excluding hydrogens is 116 g/mol. The molecule has 0 unspecified atom stereocenters. The zero-order valence-electron chi connectivity index (χ0n) is 5.30. The van der Waals surface area contributed by atoms with Gasteiger partial charge in [-0.05, 0) is 13.8 Å². The first-order valence-corrected chi connectivity index (χ1v) is 2.56. The van der Waals surface area contributed by atoms with Gasteiger partial charge in [-0.25, -0.2) is 0 Å². The summed E-state index contributed by atoms with van der Waals surface area (Å²) in [4.78, 5) is 3.11. The highest BCUT2D eigenvalue weighted by Crippen LogP contribution is 2.19. The number of aromatic nitrogens is 1. The van der Waals surface area contributed by atoms with Gasteiger partial charge in [0, 0.05) is 5.56 Å². The number of nitrogens with zero attached hydrogens (tertiary/aromatic N) is 2. The zero-order valence-corrected chi connectivity index (χ0v) is 5.30. The van der Waals surface area contributed by atoms with Crippen LogP contribution in [-0.4, -0.2) is 5.16 Å². The van der Waals surface area contributed by atoms with E-state index >= 15 is 0 Å². The molecule has 0 fully saturated rings. The SMILES string of the molecule is [C-]#[N+]c1onc(C)c1C. The zero-order chi connectivity index (χ0) is 6.85. The summed E-state index contributed by atoms with van der Waals surface area (Å²) >= 11 is 0. The van der Waals surface area contributed by atoms with Crippen LogP contribution in [0, 0.1) is 20.4 Å². The summed E-state index contributed by atoms with van der Waals surface area (Å²) < 4.78 is 4.64. The number of hydrogen-bond donors (Lipinski definition) is 0. The van der Waals surface area contributed by atoms with Crippen molar-refractivity contribution in [2.75, 3.05) is 0 Å². The molecule has 0 bridgehead atoms. The van der Waals surface area contributed by atoms with Crippen molar-refractivity contribution in [3.05, 3.63) is 22.7 Å². The fourth-order valence-electron chi connectivity index (χ4n) is 0.508. The van der Waals surface area contributed by atoms with Crippen LogP contribution in [0.3, 0.4) is 0 Å². The molecule has 0 aliphatic heterocycles. The van der Waals surface area contributed by atoms with Gasteiger partial charge in [-0.15, -0.1) is 0 Å². The topological polar surface area (TPSA) is 30.4 Å². The van der Waals surface area contributed by atoms with Crippen LogP contribution < -0.4 is 0 Å². The minimum absolute atomic E-state index is 0.299. The first kappa shape index (κ1) is 5.83. The molecule has 0 amide bonds. The van der Waals surface area contributed by atoms with E-state index in [-0.39, 0.29) is 0 Å². The Hall–Kier alpha value is -1.30. The Balaban J connectivity index is 3.24. The van der Waals surface area contributed by atoms with E-state index in [4.69, 9.17) is 6.57 Å². The highest BCUT2D eigenvalue weighted by Gasteiger charge is 2.05. The second-order valence-electron chi connectivity index (χ2n) is 1.81. The maximum absolute atomic E-state index is 6.59. The lowest BCUT2D eigenvalue weighted by Crippen LogP contribution is -1.70. The second kappa shape index (κ2) is 1.90. The third kappa shape index (κ3) is 0.789. The Bertz CT molecular complexity index is 257. The molecule has 0 spiro atoms. The van der Waals surface area contributed by atoms with Crippen LogP contribution in [0.5, 0.6) is 0 Å². The lowest BCUT2D eigenvalue weighted by atomic mass is 10.3. The van der Waals surface area contributed by atoms with Crippen molar-refractivity contribution in [1.82, 2.24) is 5.16 Å². The van der Waals surface area contributed by atoms with Crippen molar-refractivity contribution in [3.8, 4) is 0 Å². The first-order chi connectivity index (χ1) is 4.25. The Kier molecular flexibility index (Phi) is 1.23. The van der Waals surface area contributed by atoms with Crippen LogP contribution in [0.1, 0.15) is 11.3 Å². The third-order valence-electron chi connectivity index (χ3n) is 1.23. The Labute approximate surface area is 53.1 Å². The summed E-state index contributed by atoms with van der Waals surface area (Å²) in [7, 11) is 0. The molecule has 0 aliphatic carbocycles. The second-order valence-corrected chi connectivity index (χ2v) is 1.81. The molecule has 0 aromatic carbocycles. The molecule has 0 N–H and O–H groups in total. The van der Waals surface area contributed by atoms with Crippen molar-refractivity contribution in [3.63, 3.8) is 0 Å². The molecule has 3 heteroatoms. The lowest BCUT2D eigenvalue weighted by Gasteiger charge is -1.78. The van der Waals surface area contributed by atoms with Crippen molar-refractivity contribution in [2.24, 2.45) is 0 Å². The van der Waals surface area contributed by atoms with Crippen LogP contribution in [-0.2, 0) is 0 Å². The third-order valence-corrected chi connectivity index (χ3v) is 1.23. The van der Waals surface area contributed by atoms with Crippen molar-refractivity contribution < 1.29 is 4.52 Å². The van der Waals surface area contributed by atoms with Gasteiger partial charge in [-0.2, -0.15) is 4.85 Å². The van der Waals surface area contributed by atoms with E-state index in [0.717, 1.165) is 11.3 Å². The minimum Gasteiger partial charge on any atom is -0.371 e. The van der Waals surface area contributed by atoms with Gasteiger partial charge >= 0.3 is 5.88 Å². The van der Waals surface area contributed by atoms with E-state index in [1.165, 1.54) is 0 Å². The lowest BCUT2D eigenvalue weighted by molar-refractivity contribution is 0.434. The predicted octanol–water partition coefficient (Wildman–Crippen LogP) is 1.84. The molecule has 46 valence electrons. The van der Waals surface area contributed by atoms with E-state index in [9.17, 15) is 0 Å². The predicted molar refractivity (Wildman–Crippen MR) is 32.2 cm³/mol. The minimum atomic E-state index is 0.299. The molecule has 1 aromatic rings. The molecule has 3 nitrogen and oxygen atoms in total. The smallest absolute Gasteiger partial charge is 0.370 e. The van der Waals surface area contributed by atoms with Crippen LogP contribution >= 0.6 is 0 Å². The summed E-state index contributed by atoms with van der Waals surface area (Å²) in [5, 5.41) is 3.60. The highest BCUT2D eigenvalue weighted by atomic mass is 16.5. The average Bonchev–Trinajstić information content (AvgIpc) is 2.15. The van der Waals surface area contributed by atoms with E-state index in [2.05, 4.69) is 14.5 Å². The largest absolute Gasteiger partial charge is 0.371 e. The molecular formula is C6H6N2O. The summed E-state index contributed by atoms with van der Waals surface area (Å²) in [6.45, 7) is 10.2. The summed E-state index contributed by atoms with van der Waals surface area (Å²) in [6.07, 6.45) is 0. The van der Waals surface area contributed by atoms with Crippen LogP contribution in [0.15, 0.2) is 4.52 Å². The van der Waals surface area contributed by atoms with Gasteiger partial charge < -0.3 is 4.52 Å². The Morgan fingerprint density at radius 3 is 2.44 bits per heavy atom. The van der Waals surface area contributed by atoms with E-state index in [1.807, 2.05) is 13.8 Å². The van der Waals surface area contributed by atoms with Crippen molar-refractivity contribution in [1.29, 1.82) is 0 Å². The quantitative estimate of drug-likeness (QED) is 0.491. The Morgan fingerprint density at radius 2 is 2.22 bits per heavy atom. The number of hydrogen-bond acceptors (Lipinski definition) is 2. The molecule has 0 saturated heterocycles. The maximum atomic E-state index is 6.59. The van der Waals surface area contributed by atoms with Gasteiger partial charge in [0.05, 0.1) is 12.3 Å². The molecule has 1 heterocycles. The molecule has 0 saturated carbocycles. The van der Waals surface area contributed by atoms with Gasteiger partial charge in [0.25, 0.3) is 0 Å². The fraction of sp³-hybridized carbons (Fsp3) is 0.333. The summed E-state index contributed by atoms with van der Waals surface area (Å²) in [5.41, 5.74) is 1.63. The van der Waals surface area contributed by atoms with Crippen molar-refractivity contribution >= 4 is 5.88 Å². The van der Waals surface area contributed by atoms with Gasteiger partial charge in [0.15, 0.2) is 0 Å². The summed E-state index contributed by atoms with van der Waals surface area (Å²) in [5.74, 6) is 0.299. The van der Waals surface area contributed by atoms with Crippen molar-refractivity contribution in [2.45, 2.75) is 13.8 Å². The normalized spacial score (nSPS) is 9.00. The van der Waals surface area contributed by atoms with Gasteiger partial charge in [-0.3, -0.25) is 0 Å². The number of rotatable bonds is 0. The maximum Gasteiger partial charge on any atom is 0.370 e. The molecule has 1 rings (SSSR count). The first-order valence-electron chi connectivity index (χ1n) is 2.56. The molecule has 0 radical (unpaired) electrons. The van der Waals surface area contributed by atoms with Crippen LogP contribution in [0.4, 0.5) is 5.88 Å². The average molecular weight is 122 g/mol. The Morgan fingerprint density at radius 1 is 1.56 bits per heavy atom. The highest BCUT2D eigenvalue weighted by molar-refractivity contribution is 5.42. The summed E-state index contributed by atoms with van der Waals surface area (Å²) in [6, 6.07) is 0. The van der Waals surface area contributed by atoms with Gasteiger partial charge in [0.1, 0.15) is 0 Å². The number of aryl methyl sites for hydroxylation is 1. The van der Waals surface area contributed by atoms with E-state index in [0.29, 0.717) is 5.88 Å². The van der Waals surface area contributed by atoms with Crippen LogP contribution in [0.2, 0.25) is 0 Å². The molecule has 1 aromatic heterocycles. The fourth-order valence-corrected chi connectivity index (χ4v) is 0.508. The van der Waals surface area contributed by atoms with Gasteiger partial charge in [0.2, 0.25) is 0 Å².